The van der Waals surface area contributed by atoms with Gasteiger partial charge in [0.05, 0.1) is 37.7 Å². The molecule has 0 saturated carbocycles. The first-order chi connectivity index (χ1) is 19.3. The minimum absolute atomic E-state index is 0.0421. The molecule has 3 aromatic carbocycles. The summed E-state index contributed by atoms with van der Waals surface area (Å²) in [4.78, 5) is 20.7. The molecule has 0 spiro atoms. The van der Waals surface area contributed by atoms with E-state index in [-0.39, 0.29) is 24.1 Å². The van der Waals surface area contributed by atoms with Gasteiger partial charge in [-0.15, -0.1) is 0 Å². The molecule has 0 saturated heterocycles. The fraction of sp³-hybridized carbons (Fsp3) is 0.303. The summed E-state index contributed by atoms with van der Waals surface area (Å²) < 4.78 is 32.3. The van der Waals surface area contributed by atoms with Crippen LogP contribution in [-0.4, -0.2) is 29.7 Å². The lowest BCUT2D eigenvalue weighted by atomic mass is 9.88. The molecule has 6 rings (SSSR count). The maximum Gasteiger partial charge on any atom is 0.306 e. The van der Waals surface area contributed by atoms with E-state index in [0.29, 0.717) is 30.1 Å². The van der Waals surface area contributed by atoms with Crippen molar-refractivity contribution in [2.45, 2.75) is 52.1 Å². The predicted octanol–water partition coefficient (Wildman–Crippen LogP) is 6.98. The zero-order valence-electron chi connectivity index (χ0n) is 23.1. The molecule has 0 radical (unpaired) electrons. The molecule has 0 fully saturated rings. The van der Waals surface area contributed by atoms with Crippen molar-refractivity contribution in [3.8, 4) is 33.9 Å². The number of carbonyl (C=O) groups excluding carboxylic acids is 1. The summed E-state index contributed by atoms with van der Waals surface area (Å²) >= 11 is 0. The summed E-state index contributed by atoms with van der Waals surface area (Å²) in [7, 11) is 1.39. The van der Waals surface area contributed by atoms with Crippen LogP contribution in [0, 0.1) is 26.6 Å². The molecule has 0 bridgehead atoms. The number of carbonyl (C=O) groups is 1. The Hall–Kier alpha value is -4.26. The molecule has 0 N–H and O–H groups in total. The Balaban J connectivity index is 1.29. The molecule has 1 aliphatic carbocycles. The van der Waals surface area contributed by atoms with Gasteiger partial charge < -0.3 is 14.2 Å². The van der Waals surface area contributed by atoms with Crippen molar-refractivity contribution >= 4 is 5.97 Å². The van der Waals surface area contributed by atoms with E-state index in [2.05, 4.69) is 35.9 Å². The summed E-state index contributed by atoms with van der Waals surface area (Å²) in [5, 5.41) is 0. The van der Waals surface area contributed by atoms with Crippen LogP contribution in [-0.2, 0) is 16.0 Å². The van der Waals surface area contributed by atoms with E-state index in [1.54, 1.807) is 18.5 Å². The third kappa shape index (κ3) is 4.70. The van der Waals surface area contributed by atoms with Crippen LogP contribution in [0.25, 0.3) is 22.4 Å². The molecule has 1 aromatic heterocycles. The van der Waals surface area contributed by atoms with Crippen LogP contribution in [0.1, 0.15) is 58.4 Å². The van der Waals surface area contributed by atoms with Crippen molar-refractivity contribution in [1.29, 1.82) is 0 Å². The van der Waals surface area contributed by atoms with Crippen LogP contribution in [0.4, 0.5) is 4.39 Å². The van der Waals surface area contributed by atoms with Crippen LogP contribution in [0.15, 0.2) is 54.9 Å². The summed E-state index contributed by atoms with van der Waals surface area (Å²) in [6, 6.07) is 13.3. The molecule has 1 aliphatic heterocycles. The van der Waals surface area contributed by atoms with Gasteiger partial charge in [0.2, 0.25) is 0 Å². The molecule has 204 valence electrons. The highest BCUT2D eigenvalue weighted by Crippen LogP contribution is 2.45. The van der Waals surface area contributed by atoms with Gasteiger partial charge in [-0.05, 0) is 85.7 Å². The number of hydrogen-bond acceptors (Lipinski definition) is 6. The fourth-order valence-electron chi connectivity index (χ4n) is 6.11. The minimum atomic E-state index is -0.400. The Morgan fingerprint density at radius 3 is 2.62 bits per heavy atom. The van der Waals surface area contributed by atoms with Gasteiger partial charge in [-0.3, -0.25) is 9.78 Å². The summed E-state index contributed by atoms with van der Waals surface area (Å²) in [5.74, 6) is 0.762. The van der Waals surface area contributed by atoms with Crippen molar-refractivity contribution in [2.75, 3.05) is 13.7 Å². The van der Waals surface area contributed by atoms with E-state index >= 15 is 4.39 Å². The summed E-state index contributed by atoms with van der Waals surface area (Å²) in [6.07, 6.45) is 4.80. The predicted molar refractivity (Wildman–Crippen MR) is 150 cm³/mol. The Labute approximate surface area is 233 Å². The first kappa shape index (κ1) is 26.0. The second-order valence-electron chi connectivity index (χ2n) is 10.7. The first-order valence-corrected chi connectivity index (χ1v) is 13.5. The van der Waals surface area contributed by atoms with Crippen molar-refractivity contribution in [1.82, 2.24) is 9.97 Å². The molecule has 40 heavy (non-hydrogen) atoms. The summed E-state index contributed by atoms with van der Waals surface area (Å²) in [6.45, 7) is 6.53. The molecule has 4 aromatic rings. The number of esters is 1. The molecule has 0 amide bonds. The number of aryl methyl sites for hydroxylation is 3. The molecule has 2 aliphatic rings. The van der Waals surface area contributed by atoms with E-state index in [4.69, 9.17) is 14.2 Å². The van der Waals surface area contributed by atoms with Gasteiger partial charge in [0.15, 0.2) is 0 Å². The van der Waals surface area contributed by atoms with Crippen molar-refractivity contribution in [3.63, 3.8) is 0 Å². The molecule has 6 nitrogen and oxygen atoms in total. The Morgan fingerprint density at radius 2 is 1.88 bits per heavy atom. The van der Waals surface area contributed by atoms with Gasteiger partial charge in [0, 0.05) is 34.9 Å². The number of rotatable bonds is 6. The topological polar surface area (TPSA) is 70.5 Å². The average Bonchev–Trinajstić information content (AvgIpc) is 3.54. The number of nitrogens with zero attached hydrogens (tertiary/aromatic N) is 2. The lowest BCUT2D eigenvalue weighted by molar-refractivity contribution is -0.141. The maximum absolute atomic E-state index is 15.3. The second kappa shape index (κ2) is 10.4. The van der Waals surface area contributed by atoms with Gasteiger partial charge in [0.25, 0.3) is 0 Å². The van der Waals surface area contributed by atoms with Crippen molar-refractivity contribution < 1.29 is 23.4 Å². The van der Waals surface area contributed by atoms with Crippen LogP contribution in [0.2, 0.25) is 0 Å². The standard InChI is InChI=1S/C33H31FN2O4/c1-18-11-21(28-16-35-15-20(3)36-28)12-19(2)32(18)25-7-9-27(34)33-26(25)8-10-29(33)40-23-5-6-24-22(13-31(37)38-4)17-39-30(24)14-23/h5-7,9,11-12,14-16,22,29H,8,10,13,17H2,1-4H3/t22-,29-/m1/s1. The van der Waals surface area contributed by atoms with Gasteiger partial charge in [0.1, 0.15) is 23.4 Å². The van der Waals surface area contributed by atoms with Gasteiger partial charge in [-0.1, -0.05) is 12.1 Å². The third-order valence-electron chi connectivity index (χ3n) is 7.92. The number of aromatic nitrogens is 2. The number of hydrogen-bond donors (Lipinski definition) is 0. The lowest BCUT2D eigenvalue weighted by Crippen LogP contribution is -2.09. The third-order valence-corrected chi connectivity index (χ3v) is 7.92. The minimum Gasteiger partial charge on any atom is -0.492 e. The molecule has 2 heterocycles. The fourth-order valence-corrected chi connectivity index (χ4v) is 6.11. The van der Waals surface area contributed by atoms with E-state index in [1.165, 1.54) is 7.11 Å². The summed E-state index contributed by atoms with van der Waals surface area (Å²) in [5.41, 5.74) is 9.67. The zero-order chi connectivity index (χ0) is 28.0. The average molecular weight is 539 g/mol. The molecular weight excluding hydrogens is 507 g/mol. The van der Waals surface area contributed by atoms with E-state index in [9.17, 15) is 4.79 Å². The largest absolute Gasteiger partial charge is 0.492 e. The van der Waals surface area contributed by atoms with E-state index in [0.717, 1.165) is 56.8 Å². The SMILES string of the molecule is COC(=O)C[C@@H]1COc2cc(O[C@@H]3CCc4c(-c5c(C)cc(-c6cncc(C)n6)cc5C)ccc(F)c43)ccc21. The van der Waals surface area contributed by atoms with Crippen LogP contribution in [0.5, 0.6) is 11.5 Å². The van der Waals surface area contributed by atoms with Crippen molar-refractivity contribution in [3.05, 3.63) is 94.2 Å². The zero-order valence-corrected chi connectivity index (χ0v) is 23.1. The highest BCUT2D eigenvalue weighted by molar-refractivity contribution is 5.79. The molecular formula is C33H31FN2O4. The Bertz CT molecular complexity index is 1610. The van der Waals surface area contributed by atoms with Gasteiger partial charge in [-0.2, -0.15) is 0 Å². The smallest absolute Gasteiger partial charge is 0.306 e. The van der Waals surface area contributed by atoms with Crippen LogP contribution >= 0.6 is 0 Å². The molecule has 2 atom stereocenters. The van der Waals surface area contributed by atoms with Gasteiger partial charge in [-0.25, -0.2) is 9.37 Å². The van der Waals surface area contributed by atoms with E-state index in [1.807, 2.05) is 31.2 Å². The number of methoxy groups -OCH3 is 1. The highest BCUT2D eigenvalue weighted by atomic mass is 19.1. The van der Waals surface area contributed by atoms with Gasteiger partial charge >= 0.3 is 5.97 Å². The monoisotopic (exact) mass is 538 g/mol. The number of fused-ring (bicyclic) bond motifs is 2. The Kier molecular flexibility index (Phi) is 6.74. The number of benzene rings is 3. The molecule has 7 heteroatoms. The lowest BCUT2D eigenvalue weighted by Gasteiger charge is -2.19. The van der Waals surface area contributed by atoms with Crippen molar-refractivity contribution in [2.24, 2.45) is 0 Å². The molecule has 0 unspecified atom stereocenters. The highest BCUT2D eigenvalue weighted by Gasteiger charge is 2.32. The van der Waals surface area contributed by atoms with Crippen LogP contribution < -0.4 is 9.47 Å². The first-order valence-electron chi connectivity index (χ1n) is 13.5. The Morgan fingerprint density at radius 1 is 1.07 bits per heavy atom. The normalized spacial score (nSPS) is 17.2. The number of halogens is 1. The quantitative estimate of drug-likeness (QED) is 0.247. The van der Waals surface area contributed by atoms with E-state index < -0.39 is 6.10 Å². The van der Waals surface area contributed by atoms with Crippen LogP contribution in [0.3, 0.4) is 0 Å². The number of ether oxygens (including phenoxy) is 3. The maximum atomic E-state index is 15.3. The second-order valence-corrected chi connectivity index (χ2v) is 10.7.